The molecule has 1 aliphatic heterocycles. The Morgan fingerprint density at radius 2 is 2.30 bits per heavy atom. The summed E-state index contributed by atoms with van der Waals surface area (Å²) in [6, 6.07) is 9.47. The maximum absolute atomic E-state index is 12.2. The SMILES string of the molecule is O=C(NCC1CCCS1)c1cc2ccccc2c(Cl)n1. The molecular weight excluding hydrogens is 292 g/mol. The first-order chi connectivity index (χ1) is 9.74. The third-order valence-corrected chi connectivity index (χ3v) is 5.13. The van der Waals surface area contributed by atoms with E-state index in [1.165, 1.54) is 18.6 Å². The summed E-state index contributed by atoms with van der Waals surface area (Å²) in [5, 5.41) is 5.68. The van der Waals surface area contributed by atoms with Crippen LogP contribution in [0, 0.1) is 0 Å². The number of benzene rings is 1. The molecule has 3 rings (SSSR count). The number of carbonyl (C=O) groups excluding carboxylic acids is 1. The lowest BCUT2D eigenvalue weighted by atomic mass is 10.1. The highest BCUT2D eigenvalue weighted by molar-refractivity contribution is 8.00. The van der Waals surface area contributed by atoms with Gasteiger partial charge in [-0.25, -0.2) is 4.98 Å². The molecule has 1 fully saturated rings. The summed E-state index contributed by atoms with van der Waals surface area (Å²) in [5.41, 5.74) is 0.386. The lowest BCUT2D eigenvalue weighted by Gasteiger charge is -2.10. The Morgan fingerprint density at radius 3 is 3.10 bits per heavy atom. The normalized spacial score (nSPS) is 18.4. The van der Waals surface area contributed by atoms with E-state index in [-0.39, 0.29) is 5.91 Å². The van der Waals surface area contributed by atoms with Gasteiger partial charge in [-0.15, -0.1) is 0 Å². The summed E-state index contributed by atoms with van der Waals surface area (Å²) in [4.78, 5) is 16.3. The Balaban J connectivity index is 1.77. The van der Waals surface area contributed by atoms with Crippen molar-refractivity contribution in [1.29, 1.82) is 0 Å². The molecule has 104 valence electrons. The van der Waals surface area contributed by atoms with Gasteiger partial charge < -0.3 is 5.32 Å². The van der Waals surface area contributed by atoms with Crippen LogP contribution in [0.2, 0.25) is 5.15 Å². The van der Waals surface area contributed by atoms with Crippen molar-refractivity contribution in [3.8, 4) is 0 Å². The van der Waals surface area contributed by atoms with E-state index in [2.05, 4.69) is 10.3 Å². The minimum Gasteiger partial charge on any atom is -0.350 e. The predicted octanol–water partition coefficient (Wildman–Crippen LogP) is 3.51. The van der Waals surface area contributed by atoms with Gasteiger partial charge in [0, 0.05) is 17.2 Å². The van der Waals surface area contributed by atoms with Gasteiger partial charge in [0.05, 0.1) is 0 Å². The topological polar surface area (TPSA) is 42.0 Å². The standard InChI is InChI=1S/C15H15ClN2OS/c16-14-12-6-2-1-4-10(12)8-13(18-14)15(19)17-9-11-5-3-7-20-11/h1-2,4,6,8,11H,3,5,7,9H2,(H,17,19). The van der Waals surface area contributed by atoms with E-state index in [1.807, 2.05) is 36.0 Å². The number of pyridine rings is 1. The Hall–Kier alpha value is -1.26. The van der Waals surface area contributed by atoms with E-state index < -0.39 is 0 Å². The van der Waals surface area contributed by atoms with Crippen molar-refractivity contribution in [3.05, 3.63) is 41.2 Å². The Labute approximate surface area is 127 Å². The zero-order valence-electron chi connectivity index (χ0n) is 10.9. The van der Waals surface area contributed by atoms with Gasteiger partial charge in [-0.1, -0.05) is 35.9 Å². The second kappa shape index (κ2) is 6.02. The molecule has 3 nitrogen and oxygen atoms in total. The number of nitrogens with zero attached hydrogens (tertiary/aromatic N) is 1. The van der Waals surface area contributed by atoms with Crippen LogP contribution < -0.4 is 5.32 Å². The average molecular weight is 307 g/mol. The number of hydrogen-bond donors (Lipinski definition) is 1. The minimum absolute atomic E-state index is 0.148. The smallest absolute Gasteiger partial charge is 0.270 e. The predicted molar refractivity (Wildman–Crippen MR) is 84.6 cm³/mol. The highest BCUT2D eigenvalue weighted by atomic mass is 35.5. The summed E-state index contributed by atoms with van der Waals surface area (Å²) >= 11 is 8.06. The number of rotatable bonds is 3. The van der Waals surface area contributed by atoms with E-state index in [1.54, 1.807) is 6.07 Å². The number of carbonyl (C=O) groups is 1. The van der Waals surface area contributed by atoms with Crippen molar-refractivity contribution in [1.82, 2.24) is 10.3 Å². The quantitative estimate of drug-likeness (QED) is 0.882. The molecule has 1 unspecified atom stereocenters. The van der Waals surface area contributed by atoms with Gasteiger partial charge in [0.25, 0.3) is 5.91 Å². The number of aromatic nitrogens is 1. The summed E-state index contributed by atoms with van der Waals surface area (Å²) in [7, 11) is 0. The van der Waals surface area contributed by atoms with Gasteiger partial charge in [-0.3, -0.25) is 4.79 Å². The zero-order valence-corrected chi connectivity index (χ0v) is 12.5. The molecular formula is C15H15ClN2OS. The minimum atomic E-state index is -0.148. The van der Waals surface area contributed by atoms with Crippen molar-refractivity contribution in [2.75, 3.05) is 12.3 Å². The fourth-order valence-corrected chi connectivity index (χ4v) is 3.84. The van der Waals surface area contributed by atoms with Crippen LogP contribution in [-0.4, -0.2) is 28.4 Å². The first-order valence-corrected chi connectivity index (χ1v) is 8.12. The largest absolute Gasteiger partial charge is 0.350 e. The van der Waals surface area contributed by atoms with E-state index >= 15 is 0 Å². The first-order valence-electron chi connectivity index (χ1n) is 6.69. The number of fused-ring (bicyclic) bond motifs is 1. The molecule has 1 saturated heterocycles. The molecule has 1 atom stereocenters. The molecule has 1 aromatic carbocycles. The third-order valence-electron chi connectivity index (χ3n) is 3.44. The van der Waals surface area contributed by atoms with Crippen molar-refractivity contribution < 1.29 is 4.79 Å². The number of amides is 1. The van der Waals surface area contributed by atoms with Crippen LogP contribution in [0.3, 0.4) is 0 Å². The fraction of sp³-hybridized carbons (Fsp3) is 0.333. The molecule has 2 heterocycles. The average Bonchev–Trinajstić information content (AvgIpc) is 2.98. The molecule has 2 aromatic rings. The monoisotopic (exact) mass is 306 g/mol. The lowest BCUT2D eigenvalue weighted by molar-refractivity contribution is 0.0949. The second-order valence-electron chi connectivity index (χ2n) is 4.86. The lowest BCUT2D eigenvalue weighted by Crippen LogP contribution is -2.30. The summed E-state index contributed by atoms with van der Waals surface area (Å²) in [6.07, 6.45) is 2.42. The highest BCUT2D eigenvalue weighted by Crippen LogP contribution is 2.25. The number of halogens is 1. The summed E-state index contributed by atoms with van der Waals surface area (Å²) < 4.78 is 0. The summed E-state index contributed by atoms with van der Waals surface area (Å²) in [5.74, 6) is 1.05. The summed E-state index contributed by atoms with van der Waals surface area (Å²) in [6.45, 7) is 0.704. The van der Waals surface area contributed by atoms with Gasteiger partial charge in [0.15, 0.2) is 0 Å². The molecule has 1 aromatic heterocycles. The molecule has 1 amide bonds. The van der Waals surface area contributed by atoms with Crippen LogP contribution in [-0.2, 0) is 0 Å². The van der Waals surface area contributed by atoms with Crippen LogP contribution in [0.4, 0.5) is 0 Å². The van der Waals surface area contributed by atoms with Crippen LogP contribution in [0.15, 0.2) is 30.3 Å². The molecule has 0 bridgehead atoms. The first kappa shape index (κ1) is 13.7. The Morgan fingerprint density at radius 1 is 1.45 bits per heavy atom. The molecule has 0 saturated carbocycles. The van der Waals surface area contributed by atoms with Gasteiger partial charge in [0.2, 0.25) is 0 Å². The second-order valence-corrected chi connectivity index (χ2v) is 6.63. The fourth-order valence-electron chi connectivity index (χ4n) is 2.38. The zero-order chi connectivity index (χ0) is 13.9. The van der Waals surface area contributed by atoms with Gasteiger partial charge in [0.1, 0.15) is 10.8 Å². The van der Waals surface area contributed by atoms with E-state index in [0.717, 1.165) is 10.8 Å². The van der Waals surface area contributed by atoms with E-state index in [0.29, 0.717) is 22.6 Å². The number of hydrogen-bond acceptors (Lipinski definition) is 3. The molecule has 1 aliphatic rings. The van der Waals surface area contributed by atoms with Gasteiger partial charge >= 0.3 is 0 Å². The van der Waals surface area contributed by atoms with Crippen LogP contribution in [0.5, 0.6) is 0 Å². The molecule has 0 aliphatic carbocycles. The van der Waals surface area contributed by atoms with Crippen LogP contribution in [0.25, 0.3) is 10.8 Å². The molecule has 0 spiro atoms. The maximum atomic E-state index is 12.2. The molecule has 0 radical (unpaired) electrons. The van der Waals surface area contributed by atoms with Gasteiger partial charge in [-0.05, 0) is 30.0 Å². The van der Waals surface area contributed by atoms with Gasteiger partial charge in [-0.2, -0.15) is 11.8 Å². The molecule has 5 heteroatoms. The highest BCUT2D eigenvalue weighted by Gasteiger charge is 2.17. The van der Waals surface area contributed by atoms with Crippen molar-refractivity contribution >= 4 is 40.0 Å². The Bertz CT molecular complexity index is 641. The maximum Gasteiger partial charge on any atom is 0.270 e. The number of nitrogens with one attached hydrogen (secondary N) is 1. The van der Waals surface area contributed by atoms with E-state index in [4.69, 9.17) is 11.6 Å². The van der Waals surface area contributed by atoms with Crippen molar-refractivity contribution in [2.24, 2.45) is 0 Å². The molecule has 1 N–H and O–H groups in total. The van der Waals surface area contributed by atoms with Crippen LogP contribution >= 0.6 is 23.4 Å². The van der Waals surface area contributed by atoms with Crippen molar-refractivity contribution in [3.63, 3.8) is 0 Å². The third kappa shape index (κ3) is 2.91. The van der Waals surface area contributed by atoms with Crippen molar-refractivity contribution in [2.45, 2.75) is 18.1 Å². The Kier molecular flexibility index (Phi) is 4.13. The van der Waals surface area contributed by atoms with Crippen LogP contribution in [0.1, 0.15) is 23.3 Å². The number of thioether (sulfide) groups is 1. The molecule has 20 heavy (non-hydrogen) atoms. The van der Waals surface area contributed by atoms with E-state index in [9.17, 15) is 4.79 Å².